The number of nitrogens with zero attached hydrogens (tertiary/aromatic N) is 1. The van der Waals surface area contributed by atoms with Gasteiger partial charge in [-0.3, -0.25) is 9.59 Å². The Labute approximate surface area is 240 Å². The highest BCUT2D eigenvalue weighted by molar-refractivity contribution is 5.92. The van der Waals surface area contributed by atoms with Crippen molar-refractivity contribution in [3.63, 3.8) is 0 Å². The van der Waals surface area contributed by atoms with Gasteiger partial charge in [-0.05, 0) is 70.7 Å². The summed E-state index contributed by atoms with van der Waals surface area (Å²) >= 11 is 0. The molecule has 40 heavy (non-hydrogen) atoms. The number of ether oxygens (including phenoxy) is 1. The molecule has 0 radical (unpaired) electrons. The third-order valence-electron chi connectivity index (χ3n) is 6.62. The van der Waals surface area contributed by atoms with E-state index >= 15 is 0 Å². The lowest BCUT2D eigenvalue weighted by Gasteiger charge is -2.38. The molecule has 216 valence electrons. The van der Waals surface area contributed by atoms with Crippen LogP contribution in [0.4, 0.5) is 4.79 Å². The molecule has 2 aromatic carbocycles. The first-order chi connectivity index (χ1) is 18.9. The minimum Gasteiger partial charge on any atom is -0.444 e. The summed E-state index contributed by atoms with van der Waals surface area (Å²) < 4.78 is 5.50. The predicted octanol–water partition coefficient (Wildman–Crippen LogP) is 5.78. The molecule has 7 nitrogen and oxygen atoms in total. The fraction of sp³-hybridized carbons (Fsp3) is 0.485. The van der Waals surface area contributed by atoms with Gasteiger partial charge in [-0.25, -0.2) is 4.79 Å². The zero-order valence-corrected chi connectivity index (χ0v) is 25.0. The monoisotopic (exact) mass is 547 g/mol. The minimum absolute atomic E-state index is 0.0705. The predicted molar refractivity (Wildman–Crippen MR) is 160 cm³/mol. The van der Waals surface area contributed by atoms with Crippen LogP contribution >= 0.6 is 0 Å². The molecule has 2 aromatic rings. The molecule has 0 heterocycles. The van der Waals surface area contributed by atoms with Gasteiger partial charge < -0.3 is 20.3 Å². The maximum absolute atomic E-state index is 14.4. The molecule has 2 rings (SSSR count). The molecule has 0 aliphatic rings. The van der Waals surface area contributed by atoms with Crippen LogP contribution in [0.5, 0.6) is 0 Å². The minimum atomic E-state index is -0.959. The first kappa shape index (κ1) is 32.4. The molecule has 0 aromatic heterocycles. The van der Waals surface area contributed by atoms with Crippen molar-refractivity contribution >= 4 is 17.9 Å². The van der Waals surface area contributed by atoms with Gasteiger partial charge in [0.25, 0.3) is 0 Å². The van der Waals surface area contributed by atoms with Gasteiger partial charge in [0.1, 0.15) is 17.7 Å². The summed E-state index contributed by atoms with van der Waals surface area (Å²) in [5.41, 5.74) is 1.45. The molecule has 2 N–H and O–H groups in total. The van der Waals surface area contributed by atoms with Gasteiger partial charge in [-0.2, -0.15) is 0 Å². The highest BCUT2D eigenvalue weighted by Crippen LogP contribution is 2.27. The molecule has 4 atom stereocenters. The average Bonchev–Trinajstić information content (AvgIpc) is 2.90. The second-order valence-electron chi connectivity index (χ2n) is 11.3. The Morgan fingerprint density at radius 2 is 1.60 bits per heavy atom. The van der Waals surface area contributed by atoms with Crippen molar-refractivity contribution in [2.24, 2.45) is 0 Å². The molecule has 0 saturated carbocycles. The SMILES string of the molecule is C#Cc1ccc(C(C(=O)NC(C)CCC)N(C(=O)C(Cc2ccccc2)NC(=O)OC(C)(C)C)C(C)CC)cc1. The number of hydrogen-bond donors (Lipinski definition) is 2. The zero-order valence-electron chi connectivity index (χ0n) is 25.0. The van der Waals surface area contributed by atoms with Crippen LogP contribution in [-0.4, -0.2) is 46.5 Å². The summed E-state index contributed by atoms with van der Waals surface area (Å²) in [5.74, 6) is 1.95. The molecule has 0 spiro atoms. The van der Waals surface area contributed by atoms with Gasteiger partial charge in [0, 0.05) is 24.1 Å². The zero-order chi connectivity index (χ0) is 29.9. The van der Waals surface area contributed by atoms with Gasteiger partial charge >= 0.3 is 6.09 Å². The molecule has 0 bridgehead atoms. The standard InChI is InChI=1S/C33H45N3O4/c1-9-15-23(4)34-30(37)29(27-20-18-25(11-3)19-21-27)36(24(5)10-2)31(38)28(22-26-16-13-12-14-17-26)35-32(39)40-33(6,7)8/h3,12-14,16-21,23-24,28-29H,9-10,15,22H2,1-2,4-8H3,(H,34,37)(H,35,39). The molecule has 4 unspecified atom stereocenters. The van der Waals surface area contributed by atoms with Crippen molar-refractivity contribution in [2.45, 2.75) is 104 Å². The Kier molecular flexibility index (Phi) is 12.3. The number of alkyl carbamates (subject to hydrolysis) is 1. The largest absolute Gasteiger partial charge is 0.444 e. The van der Waals surface area contributed by atoms with E-state index in [1.54, 1.807) is 49.9 Å². The van der Waals surface area contributed by atoms with E-state index in [-0.39, 0.29) is 30.3 Å². The maximum atomic E-state index is 14.4. The number of nitrogens with one attached hydrogen (secondary N) is 2. The molecule has 0 aliphatic carbocycles. The van der Waals surface area contributed by atoms with E-state index in [4.69, 9.17) is 11.2 Å². The van der Waals surface area contributed by atoms with Gasteiger partial charge in [0.15, 0.2) is 0 Å². The lowest BCUT2D eigenvalue weighted by molar-refractivity contribution is -0.145. The fourth-order valence-corrected chi connectivity index (χ4v) is 4.50. The number of hydrogen-bond acceptors (Lipinski definition) is 4. The van der Waals surface area contributed by atoms with E-state index in [9.17, 15) is 14.4 Å². The lowest BCUT2D eigenvalue weighted by Crippen LogP contribution is -2.56. The van der Waals surface area contributed by atoms with Gasteiger partial charge in [-0.1, -0.05) is 68.7 Å². The molecule has 0 saturated heterocycles. The van der Waals surface area contributed by atoms with Crippen LogP contribution in [-0.2, 0) is 20.7 Å². The Morgan fingerprint density at radius 1 is 0.975 bits per heavy atom. The van der Waals surface area contributed by atoms with Crippen LogP contribution < -0.4 is 10.6 Å². The normalized spacial score (nSPS) is 14.2. The number of benzene rings is 2. The quantitative estimate of drug-likeness (QED) is 0.330. The number of carbonyl (C=O) groups is 3. The van der Waals surface area contributed by atoms with E-state index in [0.29, 0.717) is 17.5 Å². The number of rotatable bonds is 12. The average molecular weight is 548 g/mol. The van der Waals surface area contributed by atoms with Crippen LogP contribution in [0.25, 0.3) is 0 Å². The lowest BCUT2D eigenvalue weighted by atomic mass is 9.97. The van der Waals surface area contributed by atoms with E-state index in [1.165, 1.54) is 0 Å². The van der Waals surface area contributed by atoms with Crippen molar-refractivity contribution in [3.05, 3.63) is 71.3 Å². The van der Waals surface area contributed by atoms with Crippen LogP contribution in [0.15, 0.2) is 54.6 Å². The van der Waals surface area contributed by atoms with Crippen molar-refractivity contribution in [2.75, 3.05) is 0 Å². The second kappa shape index (κ2) is 15.1. The van der Waals surface area contributed by atoms with Crippen LogP contribution in [0.2, 0.25) is 0 Å². The highest BCUT2D eigenvalue weighted by Gasteiger charge is 2.38. The van der Waals surface area contributed by atoms with Crippen molar-refractivity contribution in [1.82, 2.24) is 15.5 Å². The van der Waals surface area contributed by atoms with Crippen LogP contribution in [0, 0.1) is 12.3 Å². The number of terminal acetylenes is 1. The highest BCUT2D eigenvalue weighted by atomic mass is 16.6. The summed E-state index contributed by atoms with van der Waals surface area (Å²) in [4.78, 5) is 42.8. The topological polar surface area (TPSA) is 87.7 Å². The third kappa shape index (κ3) is 9.75. The van der Waals surface area contributed by atoms with E-state index in [0.717, 1.165) is 18.4 Å². The van der Waals surface area contributed by atoms with Gasteiger partial charge in [0.2, 0.25) is 11.8 Å². The van der Waals surface area contributed by atoms with Crippen LogP contribution in [0.3, 0.4) is 0 Å². The Morgan fingerprint density at radius 3 is 2.12 bits per heavy atom. The Bertz CT molecular complexity index is 1150. The Hall–Kier alpha value is -3.79. The molecular weight excluding hydrogens is 502 g/mol. The van der Waals surface area contributed by atoms with Gasteiger partial charge in [0.05, 0.1) is 0 Å². The number of carbonyl (C=O) groups excluding carboxylic acids is 3. The molecular formula is C33H45N3O4. The summed E-state index contributed by atoms with van der Waals surface area (Å²) in [6.45, 7) is 13.2. The summed E-state index contributed by atoms with van der Waals surface area (Å²) in [5, 5.41) is 5.89. The second-order valence-corrected chi connectivity index (χ2v) is 11.3. The number of amides is 3. The smallest absolute Gasteiger partial charge is 0.408 e. The molecule has 0 fully saturated rings. The fourth-order valence-electron chi connectivity index (χ4n) is 4.50. The molecule has 3 amide bonds. The summed E-state index contributed by atoms with van der Waals surface area (Å²) in [6, 6.07) is 14.3. The van der Waals surface area contributed by atoms with E-state index in [1.807, 2.05) is 51.1 Å². The Balaban J connectivity index is 2.59. The maximum Gasteiger partial charge on any atom is 0.408 e. The van der Waals surface area contributed by atoms with E-state index < -0.39 is 23.8 Å². The van der Waals surface area contributed by atoms with Crippen molar-refractivity contribution in [3.8, 4) is 12.3 Å². The van der Waals surface area contributed by atoms with Crippen molar-refractivity contribution < 1.29 is 19.1 Å². The van der Waals surface area contributed by atoms with Crippen LogP contribution in [0.1, 0.15) is 90.5 Å². The first-order valence-corrected chi connectivity index (χ1v) is 14.1. The first-order valence-electron chi connectivity index (χ1n) is 14.1. The molecule has 7 heteroatoms. The van der Waals surface area contributed by atoms with Crippen molar-refractivity contribution in [1.29, 1.82) is 0 Å². The summed E-state index contributed by atoms with van der Waals surface area (Å²) in [6.07, 6.45) is 7.44. The summed E-state index contributed by atoms with van der Waals surface area (Å²) in [7, 11) is 0. The van der Waals surface area contributed by atoms with Gasteiger partial charge in [-0.15, -0.1) is 6.42 Å². The molecule has 0 aliphatic heterocycles. The van der Waals surface area contributed by atoms with E-state index in [2.05, 4.69) is 23.5 Å². The third-order valence-corrected chi connectivity index (χ3v) is 6.62.